The van der Waals surface area contributed by atoms with Gasteiger partial charge < -0.3 is 5.32 Å². The van der Waals surface area contributed by atoms with E-state index in [1.54, 1.807) is 13.1 Å². The van der Waals surface area contributed by atoms with Crippen molar-refractivity contribution in [3.05, 3.63) is 24.3 Å². The lowest BCUT2D eigenvalue weighted by molar-refractivity contribution is -0.116. The lowest BCUT2D eigenvalue weighted by Gasteiger charge is -1.95. The first-order chi connectivity index (χ1) is 4.72. The standard InChI is InChI=1S/C8H13NO/c1-4-5-6-7(2)8(10)9-3/h5-6H,2,4H2,1,3H3,(H,9,10). The largest absolute Gasteiger partial charge is 0.355 e. The van der Waals surface area contributed by atoms with Crippen LogP contribution in [-0.4, -0.2) is 13.0 Å². The average Bonchev–Trinajstić information content (AvgIpc) is 1.98. The molecule has 0 aliphatic rings. The van der Waals surface area contributed by atoms with Crippen LogP contribution in [0.15, 0.2) is 24.3 Å². The van der Waals surface area contributed by atoms with Crippen LogP contribution < -0.4 is 5.32 Å². The van der Waals surface area contributed by atoms with Gasteiger partial charge in [0.1, 0.15) is 0 Å². The van der Waals surface area contributed by atoms with Crippen LogP contribution in [0, 0.1) is 0 Å². The van der Waals surface area contributed by atoms with Crippen molar-refractivity contribution in [2.45, 2.75) is 13.3 Å². The molecule has 0 aliphatic heterocycles. The Hall–Kier alpha value is -1.05. The van der Waals surface area contributed by atoms with E-state index in [2.05, 4.69) is 11.9 Å². The summed E-state index contributed by atoms with van der Waals surface area (Å²) >= 11 is 0. The number of carbonyl (C=O) groups is 1. The molecule has 0 radical (unpaired) electrons. The molecule has 0 spiro atoms. The molecule has 0 fully saturated rings. The summed E-state index contributed by atoms with van der Waals surface area (Å²) in [6.45, 7) is 5.57. The van der Waals surface area contributed by atoms with Crippen LogP contribution in [0.1, 0.15) is 13.3 Å². The number of carbonyl (C=O) groups excluding carboxylic acids is 1. The molecule has 0 heterocycles. The molecule has 10 heavy (non-hydrogen) atoms. The Bertz CT molecular complexity index is 159. The smallest absolute Gasteiger partial charge is 0.250 e. The monoisotopic (exact) mass is 139 g/mol. The highest BCUT2D eigenvalue weighted by Crippen LogP contribution is 1.92. The summed E-state index contributed by atoms with van der Waals surface area (Å²) in [4.78, 5) is 10.8. The number of amides is 1. The van der Waals surface area contributed by atoms with Crippen molar-refractivity contribution in [1.29, 1.82) is 0 Å². The van der Waals surface area contributed by atoms with E-state index in [-0.39, 0.29) is 5.91 Å². The number of nitrogens with one attached hydrogen (secondary N) is 1. The van der Waals surface area contributed by atoms with Gasteiger partial charge in [-0.05, 0) is 6.42 Å². The van der Waals surface area contributed by atoms with Crippen LogP contribution in [0.3, 0.4) is 0 Å². The number of hydrogen-bond donors (Lipinski definition) is 1. The van der Waals surface area contributed by atoms with Crippen molar-refractivity contribution in [2.75, 3.05) is 7.05 Å². The molecular formula is C8H13NO. The third kappa shape index (κ3) is 3.07. The topological polar surface area (TPSA) is 29.1 Å². The molecule has 0 aromatic rings. The maximum Gasteiger partial charge on any atom is 0.250 e. The van der Waals surface area contributed by atoms with E-state index in [0.717, 1.165) is 6.42 Å². The van der Waals surface area contributed by atoms with E-state index in [9.17, 15) is 4.79 Å². The summed E-state index contributed by atoms with van der Waals surface area (Å²) in [7, 11) is 1.59. The summed E-state index contributed by atoms with van der Waals surface area (Å²) in [5, 5.41) is 2.48. The van der Waals surface area contributed by atoms with Crippen LogP contribution in [0.2, 0.25) is 0 Å². The van der Waals surface area contributed by atoms with Gasteiger partial charge in [0.25, 0.3) is 0 Å². The molecule has 1 amide bonds. The van der Waals surface area contributed by atoms with Crippen LogP contribution in [0.25, 0.3) is 0 Å². The Balaban J connectivity index is 3.85. The zero-order valence-electron chi connectivity index (χ0n) is 6.48. The number of hydrogen-bond acceptors (Lipinski definition) is 1. The third-order valence-corrected chi connectivity index (χ3v) is 1.07. The van der Waals surface area contributed by atoms with Gasteiger partial charge in [-0.15, -0.1) is 0 Å². The summed E-state index contributed by atoms with van der Waals surface area (Å²) in [6, 6.07) is 0. The zero-order chi connectivity index (χ0) is 7.98. The maximum atomic E-state index is 10.8. The molecule has 0 aliphatic carbocycles. The molecule has 56 valence electrons. The Labute approximate surface area is 61.6 Å². The normalized spacial score (nSPS) is 9.80. The zero-order valence-corrected chi connectivity index (χ0v) is 6.48. The third-order valence-electron chi connectivity index (χ3n) is 1.07. The molecule has 0 aromatic carbocycles. The minimum absolute atomic E-state index is 0.121. The number of rotatable bonds is 3. The van der Waals surface area contributed by atoms with Crippen LogP contribution in [0.4, 0.5) is 0 Å². The molecule has 0 unspecified atom stereocenters. The van der Waals surface area contributed by atoms with E-state index in [1.165, 1.54) is 0 Å². The summed E-state index contributed by atoms with van der Waals surface area (Å²) in [5.41, 5.74) is 0.504. The molecule has 0 atom stereocenters. The van der Waals surface area contributed by atoms with E-state index in [0.29, 0.717) is 5.57 Å². The molecule has 0 rings (SSSR count). The average molecular weight is 139 g/mol. The van der Waals surface area contributed by atoms with Gasteiger partial charge in [-0.2, -0.15) is 0 Å². The maximum absolute atomic E-state index is 10.8. The highest BCUT2D eigenvalue weighted by atomic mass is 16.1. The van der Waals surface area contributed by atoms with Gasteiger partial charge in [-0.1, -0.05) is 25.7 Å². The highest BCUT2D eigenvalue weighted by Gasteiger charge is 1.96. The van der Waals surface area contributed by atoms with Gasteiger partial charge in [-0.3, -0.25) is 4.79 Å². The highest BCUT2D eigenvalue weighted by molar-refractivity contribution is 5.95. The van der Waals surface area contributed by atoms with Gasteiger partial charge in [0.15, 0.2) is 0 Å². The first-order valence-corrected chi connectivity index (χ1v) is 3.30. The first-order valence-electron chi connectivity index (χ1n) is 3.30. The van der Waals surface area contributed by atoms with Crippen LogP contribution in [0.5, 0.6) is 0 Å². The SMILES string of the molecule is C=C(C=CCC)C(=O)NC. The minimum atomic E-state index is -0.121. The van der Waals surface area contributed by atoms with E-state index in [1.807, 2.05) is 13.0 Å². The van der Waals surface area contributed by atoms with Crippen LogP contribution >= 0.6 is 0 Å². The molecule has 0 saturated heterocycles. The minimum Gasteiger partial charge on any atom is -0.355 e. The first kappa shape index (κ1) is 8.95. The van der Waals surface area contributed by atoms with Crippen molar-refractivity contribution in [2.24, 2.45) is 0 Å². The fourth-order valence-corrected chi connectivity index (χ4v) is 0.496. The van der Waals surface area contributed by atoms with Crippen molar-refractivity contribution in [1.82, 2.24) is 5.32 Å². The Kier molecular flexibility index (Phi) is 4.29. The van der Waals surface area contributed by atoms with Crippen molar-refractivity contribution in [3.63, 3.8) is 0 Å². The molecule has 0 saturated carbocycles. The lowest BCUT2D eigenvalue weighted by atomic mass is 10.2. The molecule has 1 N–H and O–H groups in total. The van der Waals surface area contributed by atoms with Gasteiger partial charge in [-0.25, -0.2) is 0 Å². The predicted molar refractivity (Wildman–Crippen MR) is 42.6 cm³/mol. The molecule has 2 nitrogen and oxygen atoms in total. The fourth-order valence-electron chi connectivity index (χ4n) is 0.496. The molecule has 0 bridgehead atoms. The Morgan fingerprint density at radius 1 is 1.70 bits per heavy atom. The lowest BCUT2D eigenvalue weighted by Crippen LogP contribution is -2.18. The van der Waals surface area contributed by atoms with Gasteiger partial charge in [0.05, 0.1) is 0 Å². The van der Waals surface area contributed by atoms with Crippen molar-refractivity contribution >= 4 is 5.91 Å². The van der Waals surface area contributed by atoms with E-state index >= 15 is 0 Å². The summed E-state index contributed by atoms with van der Waals surface area (Å²) in [5.74, 6) is -0.121. The fraction of sp³-hybridized carbons (Fsp3) is 0.375. The van der Waals surface area contributed by atoms with Crippen molar-refractivity contribution in [3.8, 4) is 0 Å². The Morgan fingerprint density at radius 2 is 2.30 bits per heavy atom. The quantitative estimate of drug-likeness (QED) is 0.463. The van der Waals surface area contributed by atoms with Crippen LogP contribution in [-0.2, 0) is 4.79 Å². The van der Waals surface area contributed by atoms with Crippen molar-refractivity contribution < 1.29 is 4.79 Å². The molecule has 0 aromatic heterocycles. The summed E-state index contributed by atoms with van der Waals surface area (Å²) < 4.78 is 0. The van der Waals surface area contributed by atoms with Gasteiger partial charge in [0, 0.05) is 12.6 Å². The van der Waals surface area contributed by atoms with Gasteiger partial charge in [0.2, 0.25) is 5.91 Å². The van der Waals surface area contributed by atoms with E-state index in [4.69, 9.17) is 0 Å². The van der Waals surface area contributed by atoms with Gasteiger partial charge >= 0.3 is 0 Å². The number of likely N-dealkylation sites (N-methyl/N-ethyl adjacent to an activating group) is 1. The molecular weight excluding hydrogens is 126 g/mol. The summed E-state index contributed by atoms with van der Waals surface area (Å²) in [6.07, 6.45) is 4.55. The molecule has 2 heteroatoms. The number of allylic oxidation sites excluding steroid dienone is 1. The predicted octanol–water partition coefficient (Wildman–Crippen LogP) is 1.25. The second-order valence-corrected chi connectivity index (χ2v) is 1.91. The van der Waals surface area contributed by atoms with E-state index < -0.39 is 0 Å². The Morgan fingerprint density at radius 3 is 2.70 bits per heavy atom. The second-order valence-electron chi connectivity index (χ2n) is 1.91. The second kappa shape index (κ2) is 4.79.